The summed E-state index contributed by atoms with van der Waals surface area (Å²) in [6, 6.07) is 6.15. The molecule has 36 heavy (non-hydrogen) atoms. The van der Waals surface area contributed by atoms with Gasteiger partial charge in [0.1, 0.15) is 18.1 Å². The second kappa shape index (κ2) is 8.95. The number of anilines is 1. The van der Waals surface area contributed by atoms with E-state index in [4.69, 9.17) is 9.47 Å². The number of hydrogen-bond donors (Lipinski definition) is 1. The number of amides is 1. The Balaban J connectivity index is 1.42. The van der Waals surface area contributed by atoms with Crippen molar-refractivity contribution in [1.29, 1.82) is 0 Å². The first-order valence-electron chi connectivity index (χ1n) is 11.5. The number of ether oxygens (including phenoxy) is 2. The molecule has 4 heterocycles. The third kappa shape index (κ3) is 3.88. The van der Waals surface area contributed by atoms with Crippen LogP contribution in [0.15, 0.2) is 33.9 Å². The third-order valence-electron chi connectivity index (χ3n) is 7.09. The predicted octanol–water partition coefficient (Wildman–Crippen LogP) is 1.22. The lowest BCUT2D eigenvalue weighted by Gasteiger charge is -2.43. The molecule has 1 fully saturated rings. The summed E-state index contributed by atoms with van der Waals surface area (Å²) in [5, 5.41) is 20.4. The molecule has 2 aromatic heterocycles. The second-order valence-electron chi connectivity index (χ2n) is 9.20. The van der Waals surface area contributed by atoms with Gasteiger partial charge in [0.15, 0.2) is 11.5 Å². The number of aryl methyl sites for hydroxylation is 1. The van der Waals surface area contributed by atoms with Gasteiger partial charge in [-0.05, 0) is 37.5 Å². The maximum absolute atomic E-state index is 13.3. The standard InChI is InChI=1S/C24H26N5O7/c1-13-25-17-8-21(36-3)20(35-2)7-16(17)23(31)27(13)12-22(30)26-9-14-6-15(11-26)18-4-5-19(29(33)34)24(32)28(18)10-14/h4-5,7-8,14-15,33H,6,9-12H2,1-3H3/q-1/t14-,15-/m0/s1. The average molecular weight is 497 g/mol. The molecule has 2 aliphatic rings. The number of rotatable bonds is 5. The normalized spacial score (nSPS) is 18.6. The first-order valence-corrected chi connectivity index (χ1v) is 11.5. The van der Waals surface area contributed by atoms with Gasteiger partial charge in [-0.15, -0.1) is 0 Å². The van der Waals surface area contributed by atoms with Crippen LogP contribution in [0.3, 0.4) is 0 Å². The molecule has 1 N–H and O–H groups in total. The highest BCUT2D eigenvalue weighted by Crippen LogP contribution is 2.36. The minimum atomic E-state index is -0.545. The largest absolute Gasteiger partial charge is 0.733 e. The fourth-order valence-electron chi connectivity index (χ4n) is 5.36. The molecule has 190 valence electrons. The maximum Gasteiger partial charge on any atom is 0.275 e. The van der Waals surface area contributed by atoms with Crippen LogP contribution < -0.4 is 25.8 Å². The summed E-state index contributed by atoms with van der Waals surface area (Å²) in [5.74, 6) is 0.958. The highest BCUT2D eigenvalue weighted by Gasteiger charge is 2.37. The second-order valence-corrected chi connectivity index (χ2v) is 9.20. The van der Waals surface area contributed by atoms with Gasteiger partial charge in [-0.2, -0.15) is 0 Å². The number of aromatic nitrogens is 3. The minimum Gasteiger partial charge on any atom is -0.733 e. The number of hydrogen-bond acceptors (Lipinski definition) is 9. The molecule has 12 heteroatoms. The zero-order chi connectivity index (χ0) is 25.7. The van der Waals surface area contributed by atoms with Crippen molar-refractivity contribution in [3.63, 3.8) is 0 Å². The molecule has 0 aliphatic carbocycles. The van der Waals surface area contributed by atoms with Gasteiger partial charge in [-0.1, -0.05) is 0 Å². The van der Waals surface area contributed by atoms with E-state index in [0.29, 0.717) is 47.9 Å². The lowest BCUT2D eigenvalue weighted by atomic mass is 9.83. The Labute approximate surface area is 205 Å². The number of likely N-dealkylation sites (tertiary alicyclic amines) is 1. The summed E-state index contributed by atoms with van der Waals surface area (Å²) >= 11 is 0. The van der Waals surface area contributed by atoms with Gasteiger partial charge in [-0.25, -0.2) is 4.98 Å². The van der Waals surface area contributed by atoms with E-state index in [-0.39, 0.29) is 35.5 Å². The van der Waals surface area contributed by atoms with E-state index in [1.165, 1.54) is 29.4 Å². The van der Waals surface area contributed by atoms with Gasteiger partial charge in [-0.3, -0.25) is 24.2 Å². The van der Waals surface area contributed by atoms with E-state index in [1.54, 1.807) is 30.0 Å². The van der Waals surface area contributed by atoms with Crippen LogP contribution in [0, 0.1) is 18.0 Å². The predicted molar refractivity (Wildman–Crippen MR) is 130 cm³/mol. The molecule has 3 aromatic rings. The van der Waals surface area contributed by atoms with Crippen molar-refractivity contribution >= 4 is 22.5 Å². The number of pyridine rings is 1. The highest BCUT2D eigenvalue weighted by molar-refractivity contribution is 5.83. The van der Waals surface area contributed by atoms with Crippen molar-refractivity contribution in [2.75, 3.05) is 32.5 Å². The summed E-state index contributed by atoms with van der Waals surface area (Å²) in [6.07, 6.45) is 0.806. The third-order valence-corrected chi connectivity index (χ3v) is 7.09. The Morgan fingerprint density at radius 2 is 1.86 bits per heavy atom. The maximum atomic E-state index is 13.3. The zero-order valence-corrected chi connectivity index (χ0v) is 20.1. The van der Waals surface area contributed by atoms with E-state index in [2.05, 4.69) is 4.98 Å². The molecule has 1 saturated heterocycles. The van der Waals surface area contributed by atoms with E-state index >= 15 is 0 Å². The number of nitrogens with zero attached hydrogens (tertiary/aromatic N) is 5. The van der Waals surface area contributed by atoms with Crippen molar-refractivity contribution in [3.05, 3.63) is 61.7 Å². The van der Waals surface area contributed by atoms with Crippen LogP contribution in [0.2, 0.25) is 0 Å². The number of benzene rings is 1. The SMILES string of the molecule is COc1cc2nc(C)n(CC(=O)N3C[C@@H]4C[C@@H](C3)c3ccc(N([O-])O)c(=O)n3C4)c(=O)c2cc1OC. The van der Waals surface area contributed by atoms with Crippen LogP contribution in [0.1, 0.15) is 23.9 Å². The lowest BCUT2D eigenvalue weighted by molar-refractivity contribution is -0.134. The Morgan fingerprint density at radius 3 is 2.56 bits per heavy atom. The van der Waals surface area contributed by atoms with Gasteiger partial charge < -0.3 is 29.4 Å². The van der Waals surface area contributed by atoms with Gasteiger partial charge in [0.05, 0.1) is 25.1 Å². The molecule has 0 radical (unpaired) electrons. The number of carbonyl (C=O) groups excluding carboxylic acids is 1. The molecule has 12 nitrogen and oxygen atoms in total. The molecular weight excluding hydrogens is 470 g/mol. The van der Waals surface area contributed by atoms with Crippen molar-refractivity contribution in [2.45, 2.75) is 32.4 Å². The molecule has 1 aromatic carbocycles. The molecular formula is C24H26N5O7-. The first kappa shape index (κ1) is 23.8. The summed E-state index contributed by atoms with van der Waals surface area (Å²) in [6.45, 7) is 2.66. The van der Waals surface area contributed by atoms with Crippen LogP contribution >= 0.6 is 0 Å². The zero-order valence-electron chi connectivity index (χ0n) is 20.1. The fraction of sp³-hybridized carbons (Fsp3) is 0.417. The van der Waals surface area contributed by atoms with E-state index in [0.717, 1.165) is 12.1 Å². The Morgan fingerprint density at radius 1 is 1.14 bits per heavy atom. The van der Waals surface area contributed by atoms with Crippen LogP contribution in [0.25, 0.3) is 10.9 Å². The summed E-state index contributed by atoms with van der Waals surface area (Å²) in [7, 11) is 2.98. The van der Waals surface area contributed by atoms with Gasteiger partial charge in [0.25, 0.3) is 11.1 Å². The molecule has 0 saturated carbocycles. The Hall–Kier alpha value is -3.90. The van der Waals surface area contributed by atoms with E-state index in [9.17, 15) is 24.8 Å². The Kier molecular flexibility index (Phi) is 5.92. The average Bonchev–Trinajstić information content (AvgIpc) is 2.86. The van der Waals surface area contributed by atoms with Gasteiger partial charge in [0.2, 0.25) is 5.91 Å². The van der Waals surface area contributed by atoms with Crippen molar-refractivity contribution in [3.8, 4) is 11.5 Å². The van der Waals surface area contributed by atoms with Crippen molar-refractivity contribution in [2.24, 2.45) is 5.92 Å². The molecule has 2 bridgehead atoms. The van der Waals surface area contributed by atoms with Gasteiger partial charge >= 0.3 is 0 Å². The minimum absolute atomic E-state index is 0.0104. The van der Waals surface area contributed by atoms with E-state index < -0.39 is 10.8 Å². The topological polar surface area (TPSA) is 142 Å². The summed E-state index contributed by atoms with van der Waals surface area (Å²) in [4.78, 5) is 45.5. The first-order chi connectivity index (χ1) is 17.2. The number of methoxy groups -OCH3 is 2. The smallest absolute Gasteiger partial charge is 0.275 e. The van der Waals surface area contributed by atoms with Crippen molar-refractivity contribution < 1.29 is 19.5 Å². The Bertz CT molecular complexity index is 1480. The van der Waals surface area contributed by atoms with Gasteiger partial charge in [0, 0.05) is 37.3 Å². The summed E-state index contributed by atoms with van der Waals surface area (Å²) in [5.41, 5.74) is -0.0523. The quantitative estimate of drug-likeness (QED) is 0.516. The summed E-state index contributed by atoms with van der Waals surface area (Å²) < 4.78 is 13.5. The number of carbonyl (C=O) groups is 1. The molecule has 0 unspecified atom stereocenters. The molecule has 2 aliphatic heterocycles. The molecule has 0 spiro atoms. The van der Waals surface area contributed by atoms with E-state index in [1.807, 2.05) is 0 Å². The molecule has 1 amide bonds. The molecule has 5 rings (SSSR count). The van der Waals surface area contributed by atoms with Crippen LogP contribution in [-0.2, 0) is 17.9 Å². The monoisotopic (exact) mass is 496 g/mol. The highest BCUT2D eigenvalue weighted by atomic mass is 16.8. The number of fused-ring (bicyclic) bond motifs is 5. The van der Waals surface area contributed by atoms with Crippen molar-refractivity contribution in [1.82, 2.24) is 19.0 Å². The number of piperidine rings is 1. The van der Waals surface area contributed by atoms with Crippen LogP contribution in [0.4, 0.5) is 5.69 Å². The van der Waals surface area contributed by atoms with Crippen LogP contribution in [0.5, 0.6) is 11.5 Å². The fourth-order valence-corrected chi connectivity index (χ4v) is 5.36. The van der Waals surface area contributed by atoms with Crippen LogP contribution in [-0.4, -0.2) is 57.4 Å². The molecule has 2 atom stereocenters. The lowest BCUT2D eigenvalue weighted by Crippen LogP contribution is -2.50.